The first kappa shape index (κ1) is 12.2. The Kier molecular flexibility index (Phi) is 3.62. The Morgan fingerprint density at radius 3 is 2.69 bits per heavy atom. The Hall–Kier alpha value is -1.89. The Bertz CT molecular complexity index is 532. The minimum absolute atomic E-state index is 0.165. The highest BCUT2D eigenvalue weighted by atomic mass is 16.1. The van der Waals surface area contributed by atoms with Crippen LogP contribution in [0.15, 0.2) is 16.0 Å². The minimum atomic E-state index is -0.340. The Morgan fingerprint density at radius 1 is 1.56 bits per heavy atom. The van der Waals surface area contributed by atoms with Crippen LogP contribution in [0.4, 0.5) is 0 Å². The van der Waals surface area contributed by atoms with Crippen molar-refractivity contribution in [3.8, 4) is 6.07 Å². The molecule has 0 bridgehead atoms. The van der Waals surface area contributed by atoms with Gasteiger partial charge >= 0.3 is 0 Å². The van der Waals surface area contributed by atoms with Crippen molar-refractivity contribution in [1.29, 1.82) is 5.26 Å². The molecule has 16 heavy (non-hydrogen) atoms. The predicted molar refractivity (Wildman–Crippen MR) is 63.7 cm³/mol. The van der Waals surface area contributed by atoms with Crippen molar-refractivity contribution in [2.24, 2.45) is 5.10 Å². The molecule has 0 radical (unpaired) electrons. The molecule has 0 saturated heterocycles. The van der Waals surface area contributed by atoms with Crippen LogP contribution in [0.1, 0.15) is 37.1 Å². The third kappa shape index (κ3) is 2.19. The van der Waals surface area contributed by atoms with E-state index in [1.54, 1.807) is 13.0 Å². The first-order chi connectivity index (χ1) is 7.51. The van der Waals surface area contributed by atoms with Gasteiger partial charge in [-0.1, -0.05) is 6.92 Å². The second kappa shape index (κ2) is 4.75. The van der Waals surface area contributed by atoms with Gasteiger partial charge in [0.05, 0.1) is 0 Å². The van der Waals surface area contributed by atoms with Gasteiger partial charge in [0.15, 0.2) is 0 Å². The highest BCUT2D eigenvalue weighted by Crippen LogP contribution is 2.05. The van der Waals surface area contributed by atoms with Crippen molar-refractivity contribution in [3.05, 3.63) is 33.2 Å². The number of nitrogens with zero attached hydrogens (tertiary/aromatic N) is 3. The van der Waals surface area contributed by atoms with Gasteiger partial charge in [0.2, 0.25) is 0 Å². The SMILES string of the molecule is CCC(C)=Nn1c(C)cc(C)c(C#N)c1=O. The van der Waals surface area contributed by atoms with E-state index in [-0.39, 0.29) is 11.1 Å². The van der Waals surface area contributed by atoms with Crippen LogP contribution in [0, 0.1) is 25.2 Å². The number of hydrogen-bond acceptors (Lipinski definition) is 3. The zero-order valence-electron chi connectivity index (χ0n) is 10.0. The van der Waals surface area contributed by atoms with Crippen molar-refractivity contribution in [2.75, 3.05) is 0 Å². The van der Waals surface area contributed by atoms with E-state index in [1.165, 1.54) is 4.68 Å². The lowest BCUT2D eigenvalue weighted by Crippen LogP contribution is -2.23. The van der Waals surface area contributed by atoms with Crippen LogP contribution in [0.3, 0.4) is 0 Å². The van der Waals surface area contributed by atoms with Crippen LogP contribution in [0.5, 0.6) is 0 Å². The summed E-state index contributed by atoms with van der Waals surface area (Å²) >= 11 is 0. The van der Waals surface area contributed by atoms with Gasteiger partial charge in [-0.3, -0.25) is 4.79 Å². The molecule has 0 saturated carbocycles. The number of rotatable bonds is 2. The van der Waals surface area contributed by atoms with E-state index in [9.17, 15) is 4.79 Å². The summed E-state index contributed by atoms with van der Waals surface area (Å²) in [5.41, 5.74) is 2.13. The zero-order valence-corrected chi connectivity index (χ0v) is 10.0. The largest absolute Gasteiger partial charge is 0.289 e. The molecule has 0 spiro atoms. The average molecular weight is 217 g/mol. The molecule has 0 atom stereocenters. The maximum atomic E-state index is 11.9. The Morgan fingerprint density at radius 2 is 2.19 bits per heavy atom. The first-order valence-corrected chi connectivity index (χ1v) is 5.19. The van der Waals surface area contributed by atoms with Crippen molar-refractivity contribution < 1.29 is 0 Å². The van der Waals surface area contributed by atoms with E-state index < -0.39 is 0 Å². The van der Waals surface area contributed by atoms with Gasteiger partial charge in [0.1, 0.15) is 11.6 Å². The number of aromatic nitrogens is 1. The maximum absolute atomic E-state index is 11.9. The van der Waals surface area contributed by atoms with Crippen molar-refractivity contribution >= 4 is 5.71 Å². The van der Waals surface area contributed by atoms with E-state index >= 15 is 0 Å². The highest BCUT2D eigenvalue weighted by molar-refractivity contribution is 5.81. The third-order valence-corrected chi connectivity index (χ3v) is 2.45. The molecule has 0 unspecified atom stereocenters. The molecular weight excluding hydrogens is 202 g/mol. The van der Waals surface area contributed by atoms with Crippen molar-refractivity contribution in [3.63, 3.8) is 0 Å². The summed E-state index contributed by atoms with van der Waals surface area (Å²) in [4.78, 5) is 11.9. The van der Waals surface area contributed by atoms with Crippen LogP contribution < -0.4 is 5.56 Å². The maximum Gasteiger partial charge on any atom is 0.289 e. The standard InChI is InChI=1S/C12H15N3O/c1-5-9(3)14-15-10(4)6-8(2)11(7-13)12(15)16/h6H,5H2,1-4H3. The predicted octanol–water partition coefficient (Wildman–Crippen LogP) is 1.97. The Balaban J connectivity index is 3.54. The fraction of sp³-hybridized carbons (Fsp3) is 0.417. The van der Waals surface area contributed by atoms with Gasteiger partial charge in [0.25, 0.3) is 5.56 Å². The fourth-order valence-electron chi connectivity index (χ4n) is 1.38. The number of aryl methyl sites for hydroxylation is 2. The second-order valence-electron chi connectivity index (χ2n) is 3.76. The monoisotopic (exact) mass is 217 g/mol. The lowest BCUT2D eigenvalue weighted by Gasteiger charge is -2.07. The van der Waals surface area contributed by atoms with Gasteiger partial charge in [-0.2, -0.15) is 10.4 Å². The summed E-state index contributed by atoms with van der Waals surface area (Å²) in [6, 6.07) is 3.72. The summed E-state index contributed by atoms with van der Waals surface area (Å²) in [6.07, 6.45) is 0.779. The average Bonchev–Trinajstić information content (AvgIpc) is 2.24. The molecule has 0 fully saturated rings. The topological polar surface area (TPSA) is 58.1 Å². The quantitative estimate of drug-likeness (QED) is 0.711. The molecule has 0 aromatic carbocycles. The third-order valence-electron chi connectivity index (χ3n) is 2.45. The smallest absolute Gasteiger partial charge is 0.266 e. The molecule has 4 nitrogen and oxygen atoms in total. The molecule has 0 aliphatic rings. The molecule has 4 heteroatoms. The molecular formula is C12H15N3O. The number of pyridine rings is 1. The molecule has 0 N–H and O–H groups in total. The van der Waals surface area contributed by atoms with Gasteiger partial charge in [-0.05, 0) is 38.8 Å². The highest BCUT2D eigenvalue weighted by Gasteiger charge is 2.09. The van der Waals surface area contributed by atoms with Crippen LogP contribution in [0.2, 0.25) is 0 Å². The van der Waals surface area contributed by atoms with Crippen LogP contribution >= 0.6 is 0 Å². The molecule has 1 heterocycles. The molecule has 0 aliphatic carbocycles. The fourth-order valence-corrected chi connectivity index (χ4v) is 1.38. The summed E-state index contributed by atoms with van der Waals surface area (Å²) in [5, 5.41) is 13.1. The van der Waals surface area contributed by atoms with Gasteiger partial charge in [-0.15, -0.1) is 0 Å². The van der Waals surface area contributed by atoms with E-state index in [4.69, 9.17) is 5.26 Å². The summed E-state index contributed by atoms with van der Waals surface area (Å²) in [7, 11) is 0. The number of hydrogen-bond donors (Lipinski definition) is 0. The Labute approximate surface area is 94.8 Å². The summed E-state index contributed by atoms with van der Waals surface area (Å²) in [5.74, 6) is 0. The summed E-state index contributed by atoms with van der Waals surface area (Å²) < 4.78 is 1.30. The second-order valence-corrected chi connectivity index (χ2v) is 3.76. The molecule has 1 rings (SSSR count). The van der Waals surface area contributed by atoms with Crippen LogP contribution in [-0.4, -0.2) is 10.4 Å². The van der Waals surface area contributed by atoms with Crippen LogP contribution in [0.25, 0.3) is 0 Å². The zero-order chi connectivity index (χ0) is 12.3. The molecule has 1 aromatic rings. The van der Waals surface area contributed by atoms with Crippen LogP contribution in [-0.2, 0) is 0 Å². The lowest BCUT2D eigenvalue weighted by molar-refractivity contribution is 0.776. The van der Waals surface area contributed by atoms with E-state index in [0.717, 1.165) is 17.8 Å². The summed E-state index contributed by atoms with van der Waals surface area (Å²) in [6.45, 7) is 7.39. The number of nitriles is 1. The lowest BCUT2D eigenvalue weighted by atomic mass is 10.1. The van der Waals surface area contributed by atoms with Crippen molar-refractivity contribution in [2.45, 2.75) is 34.1 Å². The van der Waals surface area contributed by atoms with E-state index in [0.29, 0.717) is 5.56 Å². The van der Waals surface area contributed by atoms with E-state index in [2.05, 4.69) is 5.10 Å². The van der Waals surface area contributed by atoms with E-state index in [1.807, 2.05) is 26.8 Å². The van der Waals surface area contributed by atoms with Gasteiger partial charge < -0.3 is 0 Å². The van der Waals surface area contributed by atoms with Crippen molar-refractivity contribution in [1.82, 2.24) is 4.68 Å². The normalized spacial score (nSPS) is 11.3. The van der Waals surface area contributed by atoms with Gasteiger partial charge in [0, 0.05) is 11.4 Å². The van der Waals surface area contributed by atoms with Gasteiger partial charge in [-0.25, -0.2) is 4.68 Å². The molecule has 0 aliphatic heterocycles. The first-order valence-electron chi connectivity index (χ1n) is 5.19. The molecule has 1 aromatic heterocycles. The molecule has 0 amide bonds. The molecule has 84 valence electrons. The minimum Gasteiger partial charge on any atom is -0.266 e.